The quantitative estimate of drug-likeness (QED) is 0.931. The minimum atomic E-state index is -0.588. The molecule has 0 bridgehead atoms. The third-order valence-electron chi connectivity index (χ3n) is 4.47. The summed E-state index contributed by atoms with van der Waals surface area (Å²) in [5.41, 5.74) is 0.193. The zero-order valence-electron chi connectivity index (χ0n) is 13.2. The van der Waals surface area contributed by atoms with Crippen LogP contribution in [0.2, 0.25) is 0 Å². The number of piperidine rings is 1. The molecule has 1 aliphatic rings. The summed E-state index contributed by atoms with van der Waals surface area (Å²) in [6.07, 6.45) is 3.03. The topological polar surface area (TPSA) is 36.4 Å². The Hall–Kier alpha value is -1.04. The molecule has 0 unspecified atom stereocenters. The second kappa shape index (κ2) is 6.22. The summed E-state index contributed by atoms with van der Waals surface area (Å²) in [6.45, 7) is 6.79. The van der Waals surface area contributed by atoms with Crippen LogP contribution >= 0.6 is 11.5 Å². The number of aliphatic hydroxyl groups is 1. The van der Waals surface area contributed by atoms with Gasteiger partial charge in [0.1, 0.15) is 5.82 Å². The van der Waals surface area contributed by atoms with E-state index in [4.69, 9.17) is 0 Å². The van der Waals surface area contributed by atoms with Gasteiger partial charge < -0.3 is 10.0 Å². The Morgan fingerprint density at radius 1 is 1.36 bits per heavy atom. The second-order valence-electron chi connectivity index (χ2n) is 6.89. The van der Waals surface area contributed by atoms with E-state index < -0.39 is 5.60 Å². The Balaban J connectivity index is 1.63. The van der Waals surface area contributed by atoms with Gasteiger partial charge in [0, 0.05) is 22.9 Å². The highest BCUT2D eigenvalue weighted by molar-refractivity contribution is 7.07. The van der Waals surface area contributed by atoms with Crippen molar-refractivity contribution in [1.82, 2.24) is 9.27 Å². The third-order valence-corrected chi connectivity index (χ3v) is 5.50. The smallest absolute Gasteiger partial charge is 0.125 e. The average molecular weight is 322 g/mol. The van der Waals surface area contributed by atoms with Crippen LogP contribution in [0.25, 0.3) is 10.9 Å². The lowest BCUT2D eigenvalue weighted by Crippen LogP contribution is -2.36. The van der Waals surface area contributed by atoms with Crippen LogP contribution in [0.15, 0.2) is 18.2 Å². The van der Waals surface area contributed by atoms with Crippen molar-refractivity contribution in [1.29, 1.82) is 0 Å². The number of rotatable bonds is 4. The maximum Gasteiger partial charge on any atom is 0.125 e. The number of halogens is 1. The largest absolute Gasteiger partial charge is 0.390 e. The van der Waals surface area contributed by atoms with E-state index in [9.17, 15) is 9.50 Å². The van der Waals surface area contributed by atoms with Crippen molar-refractivity contribution in [2.24, 2.45) is 0 Å². The zero-order valence-corrected chi connectivity index (χ0v) is 14.0. The summed E-state index contributed by atoms with van der Waals surface area (Å²) in [7, 11) is 0. The number of benzene rings is 1. The van der Waals surface area contributed by atoms with Gasteiger partial charge in [-0.25, -0.2) is 4.39 Å². The van der Waals surface area contributed by atoms with E-state index in [1.54, 1.807) is 0 Å². The molecule has 120 valence electrons. The normalized spacial score (nSPS) is 18.2. The fourth-order valence-corrected chi connectivity index (χ4v) is 4.08. The Morgan fingerprint density at radius 2 is 2.09 bits per heavy atom. The first-order valence-electron chi connectivity index (χ1n) is 7.92. The molecular formula is C17H23FN2OS. The van der Waals surface area contributed by atoms with Gasteiger partial charge in [-0.3, -0.25) is 0 Å². The maximum atomic E-state index is 13.3. The molecule has 0 radical (unpaired) electrons. The van der Waals surface area contributed by atoms with Gasteiger partial charge in [0.25, 0.3) is 0 Å². The molecule has 5 heteroatoms. The van der Waals surface area contributed by atoms with E-state index in [1.807, 2.05) is 19.9 Å². The van der Waals surface area contributed by atoms with Gasteiger partial charge in [0.15, 0.2) is 0 Å². The maximum absolute atomic E-state index is 13.3. The zero-order chi connectivity index (χ0) is 15.7. The molecule has 1 fully saturated rings. The molecule has 1 aromatic carbocycles. The van der Waals surface area contributed by atoms with Crippen LogP contribution < -0.4 is 0 Å². The highest BCUT2D eigenvalue weighted by Gasteiger charge is 2.25. The van der Waals surface area contributed by atoms with Gasteiger partial charge in [-0.05, 0) is 75.8 Å². The molecular weight excluding hydrogens is 299 g/mol. The highest BCUT2D eigenvalue weighted by Crippen LogP contribution is 2.36. The molecule has 22 heavy (non-hydrogen) atoms. The minimum absolute atomic E-state index is 0.217. The lowest BCUT2D eigenvalue weighted by Gasteiger charge is -2.33. The van der Waals surface area contributed by atoms with Crippen molar-refractivity contribution in [3.05, 3.63) is 28.9 Å². The standard InChI is InChI=1S/C17H23FN2OS/c1-17(2,21)7-10-20-8-5-12(6-9-20)16-14-4-3-13(18)11-15(14)19-22-16/h3-4,11-12,21H,5-10H2,1-2H3. The van der Waals surface area contributed by atoms with Crippen LogP contribution in [0.5, 0.6) is 0 Å². The molecule has 0 spiro atoms. The minimum Gasteiger partial charge on any atom is -0.390 e. The van der Waals surface area contributed by atoms with E-state index in [0.717, 1.165) is 49.8 Å². The Kier molecular flexibility index (Phi) is 4.48. The monoisotopic (exact) mass is 322 g/mol. The third kappa shape index (κ3) is 3.65. The van der Waals surface area contributed by atoms with Gasteiger partial charge in [-0.15, -0.1) is 0 Å². The van der Waals surface area contributed by atoms with E-state index >= 15 is 0 Å². The number of hydrogen-bond acceptors (Lipinski definition) is 4. The summed E-state index contributed by atoms with van der Waals surface area (Å²) in [4.78, 5) is 3.73. The lowest BCUT2D eigenvalue weighted by atomic mass is 9.93. The Bertz CT molecular complexity index is 642. The molecule has 1 N–H and O–H groups in total. The summed E-state index contributed by atoms with van der Waals surface area (Å²) < 4.78 is 17.7. The van der Waals surface area contributed by atoms with Crippen molar-refractivity contribution >= 4 is 22.4 Å². The summed E-state index contributed by atoms with van der Waals surface area (Å²) >= 11 is 1.52. The predicted molar refractivity (Wildman–Crippen MR) is 88.9 cm³/mol. The molecule has 2 aromatic rings. The van der Waals surface area contributed by atoms with E-state index in [0.29, 0.717) is 5.92 Å². The number of nitrogens with zero attached hydrogens (tertiary/aromatic N) is 2. The number of fused-ring (bicyclic) bond motifs is 1. The first kappa shape index (κ1) is 15.8. The lowest BCUT2D eigenvalue weighted by molar-refractivity contribution is 0.0541. The van der Waals surface area contributed by atoms with Crippen LogP contribution in [-0.2, 0) is 0 Å². The number of aromatic nitrogens is 1. The van der Waals surface area contributed by atoms with Crippen molar-refractivity contribution in [2.75, 3.05) is 19.6 Å². The van der Waals surface area contributed by atoms with Crippen LogP contribution in [-0.4, -0.2) is 39.6 Å². The van der Waals surface area contributed by atoms with Crippen molar-refractivity contribution in [3.8, 4) is 0 Å². The van der Waals surface area contributed by atoms with Crippen molar-refractivity contribution in [3.63, 3.8) is 0 Å². The Morgan fingerprint density at radius 3 is 2.77 bits per heavy atom. The van der Waals surface area contributed by atoms with Crippen molar-refractivity contribution < 1.29 is 9.50 Å². The summed E-state index contributed by atoms with van der Waals surface area (Å²) in [6, 6.07) is 4.91. The van der Waals surface area contributed by atoms with Crippen LogP contribution in [0.4, 0.5) is 4.39 Å². The number of likely N-dealkylation sites (tertiary alicyclic amines) is 1. The fourth-order valence-electron chi connectivity index (χ4n) is 3.08. The number of hydrogen-bond donors (Lipinski definition) is 1. The molecule has 0 amide bonds. The van der Waals surface area contributed by atoms with Gasteiger partial charge in [-0.2, -0.15) is 4.37 Å². The molecule has 0 aliphatic carbocycles. The van der Waals surface area contributed by atoms with Crippen LogP contribution in [0.3, 0.4) is 0 Å². The summed E-state index contributed by atoms with van der Waals surface area (Å²) in [5.74, 6) is 0.310. The Labute approximate surface area is 134 Å². The molecule has 2 heterocycles. The average Bonchev–Trinajstić information content (AvgIpc) is 2.88. The van der Waals surface area contributed by atoms with Crippen molar-refractivity contribution in [2.45, 2.75) is 44.6 Å². The summed E-state index contributed by atoms with van der Waals surface area (Å²) in [5, 5.41) is 10.9. The van der Waals surface area contributed by atoms with Crippen LogP contribution in [0.1, 0.15) is 43.9 Å². The molecule has 1 saturated heterocycles. The molecule has 3 rings (SSSR count). The van der Waals surface area contributed by atoms with Crippen LogP contribution in [0, 0.1) is 5.82 Å². The first-order valence-corrected chi connectivity index (χ1v) is 8.69. The van der Waals surface area contributed by atoms with Gasteiger partial charge in [0.2, 0.25) is 0 Å². The highest BCUT2D eigenvalue weighted by atomic mass is 32.1. The fraction of sp³-hybridized carbons (Fsp3) is 0.588. The SMILES string of the molecule is CC(C)(O)CCN1CCC(c2snc3cc(F)ccc23)CC1. The molecule has 1 aliphatic heterocycles. The van der Waals surface area contributed by atoms with Gasteiger partial charge in [-0.1, -0.05) is 0 Å². The molecule has 1 aromatic heterocycles. The molecule has 0 atom stereocenters. The van der Waals surface area contributed by atoms with Gasteiger partial charge >= 0.3 is 0 Å². The molecule has 0 saturated carbocycles. The van der Waals surface area contributed by atoms with E-state index in [1.165, 1.54) is 28.5 Å². The second-order valence-corrected chi connectivity index (χ2v) is 7.69. The molecule has 3 nitrogen and oxygen atoms in total. The first-order chi connectivity index (χ1) is 10.4. The van der Waals surface area contributed by atoms with E-state index in [2.05, 4.69) is 9.27 Å². The van der Waals surface area contributed by atoms with E-state index in [-0.39, 0.29) is 5.82 Å². The predicted octanol–water partition coefficient (Wildman–Crippen LogP) is 3.78. The van der Waals surface area contributed by atoms with Gasteiger partial charge in [0.05, 0.1) is 11.1 Å².